The number of Topliss-reactive ketones (excluding diaryl/α,β-unsaturated/α-hetero) is 1. The average molecular weight is 524 g/mol. The minimum absolute atomic E-state index is 0.0438. The number of ketones is 1. The lowest BCUT2D eigenvalue weighted by atomic mass is 9.48. The van der Waals surface area contributed by atoms with Gasteiger partial charge in [0.1, 0.15) is 11.9 Å². The molecule has 6 unspecified atom stereocenters. The van der Waals surface area contributed by atoms with Gasteiger partial charge in [-0.3, -0.25) is 9.59 Å². The van der Waals surface area contributed by atoms with E-state index in [-0.39, 0.29) is 28.9 Å². The summed E-state index contributed by atoms with van der Waals surface area (Å²) in [5, 5.41) is 0. The molecule has 6 atom stereocenters. The van der Waals surface area contributed by atoms with Crippen molar-refractivity contribution in [1.29, 1.82) is 0 Å². The van der Waals surface area contributed by atoms with Crippen LogP contribution in [0.5, 0.6) is 0 Å². The van der Waals surface area contributed by atoms with Crippen LogP contribution in [0, 0.1) is 28.6 Å². The molecule has 6 heteroatoms. The maximum absolute atomic E-state index is 12.4. The Bertz CT molecular complexity index is 1060. The van der Waals surface area contributed by atoms with E-state index in [1.807, 2.05) is 0 Å². The number of rotatable bonds is 5. The molecule has 38 heavy (non-hydrogen) atoms. The summed E-state index contributed by atoms with van der Waals surface area (Å²) >= 11 is 0. The van der Waals surface area contributed by atoms with Crippen molar-refractivity contribution in [2.45, 2.75) is 98.0 Å². The topological polar surface area (TPSA) is 95.7 Å². The highest BCUT2D eigenvalue weighted by atomic mass is 16.5. The first-order valence-electron chi connectivity index (χ1n) is 14.5. The number of carbonyl (C=O) groups is 3. The SMILES string of the molecule is CC(=O)OC1CCC2(C)C(=CCC3C4CCC(=O)C4(C)CCC32)C1.CCCCOC(=O)c1ccc(N)cc1. The fraction of sp³-hybridized carbons (Fsp3) is 0.656. The van der Waals surface area contributed by atoms with E-state index in [4.69, 9.17) is 15.2 Å². The van der Waals surface area contributed by atoms with Gasteiger partial charge < -0.3 is 15.2 Å². The molecule has 1 aromatic carbocycles. The standard InChI is InChI=1S/C21H30O3.C11H15NO2/c1-13(22)24-15-8-10-20(2)14(12-15)4-5-16-17-6-7-19(23)21(17,3)11-9-18(16)20;1-2-3-8-14-11(13)9-4-6-10(12)7-5-9/h4,15-18H,5-12H2,1-3H3;4-7H,2-3,8,12H2,1H3. The number of anilines is 1. The molecule has 3 fully saturated rings. The van der Waals surface area contributed by atoms with Crippen LogP contribution < -0.4 is 5.73 Å². The first kappa shape index (κ1) is 28.4. The third-order valence-electron chi connectivity index (χ3n) is 9.98. The molecule has 0 radical (unpaired) electrons. The van der Waals surface area contributed by atoms with E-state index in [1.165, 1.54) is 18.9 Å². The van der Waals surface area contributed by atoms with Crippen LogP contribution in [0.2, 0.25) is 0 Å². The molecule has 0 saturated heterocycles. The third-order valence-corrected chi connectivity index (χ3v) is 9.98. The highest BCUT2D eigenvalue weighted by Crippen LogP contribution is 2.64. The van der Waals surface area contributed by atoms with Crippen molar-refractivity contribution in [1.82, 2.24) is 0 Å². The molecule has 1 aromatic rings. The average Bonchev–Trinajstić information content (AvgIpc) is 3.19. The molecule has 0 aliphatic heterocycles. The van der Waals surface area contributed by atoms with E-state index >= 15 is 0 Å². The van der Waals surface area contributed by atoms with Gasteiger partial charge in [0, 0.05) is 30.9 Å². The van der Waals surface area contributed by atoms with Crippen LogP contribution in [-0.2, 0) is 19.1 Å². The van der Waals surface area contributed by atoms with Crippen molar-refractivity contribution in [2.24, 2.45) is 28.6 Å². The molecule has 3 saturated carbocycles. The molecule has 0 bridgehead atoms. The van der Waals surface area contributed by atoms with E-state index in [2.05, 4.69) is 26.8 Å². The van der Waals surface area contributed by atoms with Gasteiger partial charge >= 0.3 is 11.9 Å². The number of esters is 2. The fourth-order valence-corrected chi connectivity index (χ4v) is 7.75. The second-order valence-electron chi connectivity index (χ2n) is 12.3. The van der Waals surface area contributed by atoms with Gasteiger partial charge in [0.2, 0.25) is 0 Å². The van der Waals surface area contributed by atoms with E-state index in [0.717, 1.165) is 57.8 Å². The summed E-state index contributed by atoms with van der Waals surface area (Å²) in [6, 6.07) is 6.72. The van der Waals surface area contributed by atoms with Crippen LogP contribution in [0.3, 0.4) is 0 Å². The molecule has 0 aromatic heterocycles. The highest BCUT2D eigenvalue weighted by Gasteiger charge is 2.58. The Hall–Kier alpha value is -2.63. The van der Waals surface area contributed by atoms with Gasteiger partial charge in [-0.15, -0.1) is 0 Å². The molecule has 0 amide bonds. The Kier molecular flexibility index (Phi) is 8.68. The zero-order valence-corrected chi connectivity index (χ0v) is 23.6. The summed E-state index contributed by atoms with van der Waals surface area (Å²) < 4.78 is 10.5. The summed E-state index contributed by atoms with van der Waals surface area (Å²) in [6.07, 6.45) is 12.8. The number of fused-ring (bicyclic) bond motifs is 5. The number of allylic oxidation sites excluding steroid dienone is 1. The zero-order valence-electron chi connectivity index (χ0n) is 23.6. The number of unbranched alkanes of at least 4 members (excludes halogenated alkanes) is 1. The molecule has 4 aliphatic carbocycles. The maximum Gasteiger partial charge on any atom is 0.338 e. The number of hydrogen-bond acceptors (Lipinski definition) is 6. The molecular formula is C32H45NO5. The second-order valence-corrected chi connectivity index (χ2v) is 12.3. The highest BCUT2D eigenvalue weighted by molar-refractivity contribution is 5.89. The number of ether oxygens (including phenoxy) is 2. The summed E-state index contributed by atoms with van der Waals surface area (Å²) in [4.78, 5) is 35.1. The van der Waals surface area contributed by atoms with Crippen molar-refractivity contribution in [3.05, 3.63) is 41.5 Å². The quantitative estimate of drug-likeness (QED) is 0.200. The molecular weight excluding hydrogens is 478 g/mol. The van der Waals surface area contributed by atoms with Crippen molar-refractivity contribution < 1.29 is 23.9 Å². The van der Waals surface area contributed by atoms with Crippen LogP contribution in [0.15, 0.2) is 35.9 Å². The van der Waals surface area contributed by atoms with Gasteiger partial charge in [-0.05, 0) is 92.4 Å². The number of nitrogen functional groups attached to an aromatic ring is 1. The lowest BCUT2D eigenvalue weighted by Gasteiger charge is -2.56. The third kappa shape index (κ3) is 5.69. The zero-order chi connectivity index (χ0) is 27.5. The first-order chi connectivity index (χ1) is 18.1. The Morgan fingerprint density at radius 2 is 1.71 bits per heavy atom. The van der Waals surface area contributed by atoms with Crippen LogP contribution in [0.1, 0.15) is 102 Å². The summed E-state index contributed by atoms with van der Waals surface area (Å²) in [7, 11) is 0. The molecule has 2 N–H and O–H groups in total. The van der Waals surface area contributed by atoms with E-state index in [0.29, 0.717) is 41.4 Å². The van der Waals surface area contributed by atoms with Crippen LogP contribution in [-0.4, -0.2) is 30.4 Å². The van der Waals surface area contributed by atoms with Crippen molar-refractivity contribution in [3.63, 3.8) is 0 Å². The van der Waals surface area contributed by atoms with Crippen LogP contribution in [0.25, 0.3) is 0 Å². The monoisotopic (exact) mass is 523 g/mol. The van der Waals surface area contributed by atoms with E-state index in [9.17, 15) is 14.4 Å². The number of nitrogens with two attached hydrogens (primary N) is 1. The van der Waals surface area contributed by atoms with Gasteiger partial charge in [-0.25, -0.2) is 4.79 Å². The smallest absolute Gasteiger partial charge is 0.338 e. The molecule has 0 heterocycles. The summed E-state index contributed by atoms with van der Waals surface area (Å²) in [5.74, 6) is 2.05. The number of carbonyl (C=O) groups excluding carboxylic acids is 3. The molecule has 5 rings (SSSR count). The minimum atomic E-state index is -0.279. The predicted octanol–water partition coefficient (Wildman–Crippen LogP) is 6.68. The normalized spacial score (nSPS) is 33.5. The number of hydrogen-bond donors (Lipinski definition) is 1. The Balaban J connectivity index is 0.000000206. The van der Waals surface area contributed by atoms with Gasteiger partial charge in [-0.1, -0.05) is 38.8 Å². The van der Waals surface area contributed by atoms with Gasteiger partial charge in [-0.2, -0.15) is 0 Å². The Labute approximate surface area is 227 Å². The number of benzene rings is 1. The van der Waals surface area contributed by atoms with Crippen molar-refractivity contribution in [3.8, 4) is 0 Å². The molecule has 208 valence electrons. The molecule has 4 aliphatic rings. The second kappa shape index (κ2) is 11.6. The van der Waals surface area contributed by atoms with Crippen molar-refractivity contribution >= 4 is 23.4 Å². The van der Waals surface area contributed by atoms with Gasteiger partial charge in [0.25, 0.3) is 0 Å². The first-order valence-corrected chi connectivity index (χ1v) is 14.5. The molecule has 6 nitrogen and oxygen atoms in total. The molecule has 0 spiro atoms. The predicted molar refractivity (Wildman–Crippen MR) is 148 cm³/mol. The van der Waals surface area contributed by atoms with Gasteiger partial charge in [0.05, 0.1) is 12.2 Å². The van der Waals surface area contributed by atoms with E-state index < -0.39 is 0 Å². The Morgan fingerprint density at radius 1 is 1.03 bits per heavy atom. The van der Waals surface area contributed by atoms with Crippen LogP contribution in [0.4, 0.5) is 5.69 Å². The summed E-state index contributed by atoms with van der Waals surface area (Å²) in [5.41, 5.74) is 8.43. The fourth-order valence-electron chi connectivity index (χ4n) is 7.75. The van der Waals surface area contributed by atoms with E-state index in [1.54, 1.807) is 24.3 Å². The minimum Gasteiger partial charge on any atom is -0.462 e. The van der Waals surface area contributed by atoms with Gasteiger partial charge in [0.15, 0.2) is 0 Å². The maximum atomic E-state index is 12.4. The Morgan fingerprint density at radius 3 is 2.39 bits per heavy atom. The lowest BCUT2D eigenvalue weighted by molar-refractivity contribution is -0.148. The largest absolute Gasteiger partial charge is 0.462 e. The lowest BCUT2D eigenvalue weighted by Crippen LogP contribution is -2.50. The summed E-state index contributed by atoms with van der Waals surface area (Å²) in [6.45, 7) is 8.73. The van der Waals surface area contributed by atoms with Crippen molar-refractivity contribution in [2.75, 3.05) is 12.3 Å². The van der Waals surface area contributed by atoms with Crippen LogP contribution >= 0.6 is 0 Å².